The standard InChI is InChI=1S/C27H35N3O9/c1-4-6-12-36-16-27(15-31)21(37-13-7-5-2)20(25(38-27)29-14-17(3)22(32)28-26(29)35)39-30-23(33)18-10-8-9-11-19(18)24(30)34/h8-11,14,20-21,25,31H,4-7,12-13,15-16H2,1-3H3,(H,28,32,35)/t20-,21?,25+,27+/m0/s1. The number of benzene rings is 1. The molecule has 39 heavy (non-hydrogen) atoms. The van der Waals surface area contributed by atoms with E-state index in [2.05, 4.69) is 4.98 Å². The number of carbonyl (C=O) groups excluding carboxylic acids is 2. The number of hydrogen-bond donors (Lipinski definition) is 2. The van der Waals surface area contributed by atoms with Gasteiger partial charge in [-0.3, -0.25) is 28.8 Å². The van der Waals surface area contributed by atoms with E-state index in [1.807, 2.05) is 13.8 Å². The molecule has 2 aliphatic rings. The van der Waals surface area contributed by atoms with Crippen LogP contribution in [0.2, 0.25) is 0 Å². The van der Waals surface area contributed by atoms with Gasteiger partial charge in [0.15, 0.2) is 12.3 Å². The highest BCUT2D eigenvalue weighted by Crippen LogP contribution is 2.42. The summed E-state index contributed by atoms with van der Waals surface area (Å²) in [6.07, 6.45) is 0.877. The number of ether oxygens (including phenoxy) is 3. The summed E-state index contributed by atoms with van der Waals surface area (Å²) in [5.74, 6) is -1.35. The van der Waals surface area contributed by atoms with Crippen LogP contribution in [-0.4, -0.2) is 75.8 Å². The topological polar surface area (TPSA) is 149 Å². The fourth-order valence-electron chi connectivity index (χ4n) is 4.69. The Balaban J connectivity index is 1.77. The number of unbranched alkanes of at least 4 members (excludes halogenated alkanes) is 2. The number of aryl methyl sites for hydroxylation is 1. The molecule has 2 N–H and O–H groups in total. The van der Waals surface area contributed by atoms with E-state index in [9.17, 15) is 24.3 Å². The Labute approximate surface area is 225 Å². The van der Waals surface area contributed by atoms with Gasteiger partial charge >= 0.3 is 5.69 Å². The summed E-state index contributed by atoms with van der Waals surface area (Å²) in [4.78, 5) is 59.6. The van der Waals surface area contributed by atoms with Crippen molar-refractivity contribution in [2.24, 2.45) is 0 Å². The summed E-state index contributed by atoms with van der Waals surface area (Å²) < 4.78 is 19.5. The predicted octanol–water partition coefficient (Wildman–Crippen LogP) is 1.70. The summed E-state index contributed by atoms with van der Waals surface area (Å²) in [7, 11) is 0. The first-order valence-electron chi connectivity index (χ1n) is 13.2. The van der Waals surface area contributed by atoms with Crippen LogP contribution >= 0.6 is 0 Å². The summed E-state index contributed by atoms with van der Waals surface area (Å²) in [6, 6.07) is 6.32. The van der Waals surface area contributed by atoms with Gasteiger partial charge in [-0.25, -0.2) is 4.79 Å². The number of aromatic amines is 1. The molecular formula is C27H35N3O9. The number of H-pyrrole nitrogens is 1. The molecule has 0 spiro atoms. The van der Waals surface area contributed by atoms with E-state index in [-0.39, 0.29) is 29.9 Å². The maximum absolute atomic E-state index is 13.2. The number of hydroxylamine groups is 2. The van der Waals surface area contributed by atoms with Gasteiger partial charge in [0, 0.05) is 25.0 Å². The molecule has 0 aliphatic carbocycles. The first-order chi connectivity index (χ1) is 18.8. The van der Waals surface area contributed by atoms with Crippen LogP contribution in [0.4, 0.5) is 0 Å². The van der Waals surface area contributed by atoms with Crippen molar-refractivity contribution < 1.29 is 33.7 Å². The highest BCUT2D eigenvalue weighted by Gasteiger charge is 2.59. The quantitative estimate of drug-likeness (QED) is 0.283. The number of carbonyl (C=O) groups is 2. The number of hydrogen-bond acceptors (Lipinski definition) is 9. The van der Waals surface area contributed by atoms with Gasteiger partial charge in [0.05, 0.1) is 24.3 Å². The number of aliphatic hydroxyl groups is 1. The maximum atomic E-state index is 13.2. The molecule has 1 fully saturated rings. The first-order valence-corrected chi connectivity index (χ1v) is 13.2. The number of rotatable bonds is 13. The summed E-state index contributed by atoms with van der Waals surface area (Å²) >= 11 is 0. The van der Waals surface area contributed by atoms with Gasteiger partial charge in [0.2, 0.25) is 0 Å². The van der Waals surface area contributed by atoms with Crippen molar-refractivity contribution in [1.29, 1.82) is 0 Å². The lowest BCUT2D eigenvalue weighted by Gasteiger charge is -2.33. The maximum Gasteiger partial charge on any atom is 0.330 e. The molecule has 1 saturated heterocycles. The highest BCUT2D eigenvalue weighted by atomic mass is 16.7. The normalized spacial score (nSPS) is 24.5. The number of nitrogens with zero attached hydrogens (tertiary/aromatic N) is 2. The van der Waals surface area contributed by atoms with E-state index < -0.39 is 53.7 Å². The van der Waals surface area contributed by atoms with Crippen LogP contribution in [0, 0.1) is 6.92 Å². The number of imide groups is 1. The second kappa shape index (κ2) is 12.3. The molecule has 12 heteroatoms. The van der Waals surface area contributed by atoms with Crippen molar-refractivity contribution in [2.45, 2.75) is 70.5 Å². The van der Waals surface area contributed by atoms with Crippen molar-refractivity contribution in [1.82, 2.24) is 14.6 Å². The van der Waals surface area contributed by atoms with Crippen molar-refractivity contribution in [3.8, 4) is 0 Å². The lowest BCUT2D eigenvalue weighted by molar-refractivity contribution is -0.186. The second-order valence-electron chi connectivity index (χ2n) is 9.78. The van der Waals surface area contributed by atoms with E-state index in [1.54, 1.807) is 12.1 Å². The number of aliphatic hydroxyl groups excluding tert-OH is 1. The molecule has 0 radical (unpaired) electrons. The molecule has 1 aromatic carbocycles. The van der Waals surface area contributed by atoms with Crippen LogP contribution in [0.5, 0.6) is 0 Å². The number of fused-ring (bicyclic) bond motifs is 1. The Morgan fingerprint density at radius 2 is 1.67 bits per heavy atom. The predicted molar refractivity (Wildman–Crippen MR) is 138 cm³/mol. The van der Waals surface area contributed by atoms with Crippen LogP contribution in [-0.2, 0) is 19.0 Å². The summed E-state index contributed by atoms with van der Waals surface area (Å²) in [5.41, 5.74) is -2.29. The average molecular weight is 546 g/mol. The van der Waals surface area contributed by atoms with E-state index >= 15 is 0 Å². The highest BCUT2D eigenvalue weighted by molar-refractivity contribution is 6.20. The van der Waals surface area contributed by atoms with E-state index in [0.29, 0.717) is 18.1 Å². The van der Waals surface area contributed by atoms with Crippen molar-refractivity contribution in [3.63, 3.8) is 0 Å². The Kier molecular flexibility index (Phi) is 9.13. The zero-order chi connectivity index (χ0) is 28.2. The fourth-order valence-corrected chi connectivity index (χ4v) is 4.69. The molecule has 4 rings (SSSR count). The van der Waals surface area contributed by atoms with Gasteiger partial charge in [-0.15, -0.1) is 5.06 Å². The molecule has 212 valence electrons. The van der Waals surface area contributed by atoms with E-state index in [1.165, 1.54) is 25.3 Å². The van der Waals surface area contributed by atoms with Gasteiger partial charge in [-0.1, -0.05) is 38.8 Å². The van der Waals surface area contributed by atoms with Crippen LogP contribution < -0.4 is 11.2 Å². The summed E-state index contributed by atoms with van der Waals surface area (Å²) in [6.45, 7) is 5.51. The fraction of sp³-hybridized carbons (Fsp3) is 0.556. The average Bonchev–Trinajstić information content (AvgIpc) is 3.36. The minimum Gasteiger partial charge on any atom is -0.393 e. The minimum absolute atomic E-state index is 0.101. The lowest BCUT2D eigenvalue weighted by atomic mass is 9.96. The zero-order valence-corrected chi connectivity index (χ0v) is 22.4. The monoisotopic (exact) mass is 545 g/mol. The number of amides is 2. The first kappa shape index (κ1) is 28.8. The van der Waals surface area contributed by atoms with Crippen LogP contribution in [0.3, 0.4) is 0 Å². The van der Waals surface area contributed by atoms with Crippen molar-refractivity contribution in [2.75, 3.05) is 26.4 Å². The molecule has 2 aromatic rings. The van der Waals surface area contributed by atoms with Gasteiger partial charge in [-0.05, 0) is 31.9 Å². The van der Waals surface area contributed by atoms with Gasteiger partial charge in [0.25, 0.3) is 17.4 Å². The molecule has 3 heterocycles. The molecule has 2 amide bonds. The van der Waals surface area contributed by atoms with Crippen molar-refractivity contribution >= 4 is 11.8 Å². The Morgan fingerprint density at radius 1 is 1.03 bits per heavy atom. The third-order valence-corrected chi connectivity index (χ3v) is 6.91. The largest absolute Gasteiger partial charge is 0.393 e. The SMILES string of the molecule is CCCCOC[C@@]1(CO)O[C@@H](n2cc(C)c(=O)[nH]c2=O)[C@@H](ON2C(=O)c3ccccc3C2=O)C1OCCCC. The van der Waals surface area contributed by atoms with E-state index in [0.717, 1.165) is 23.8 Å². The third kappa shape index (κ3) is 5.61. The molecule has 0 bridgehead atoms. The molecule has 12 nitrogen and oxygen atoms in total. The lowest BCUT2D eigenvalue weighted by Crippen LogP contribution is -2.53. The van der Waals surface area contributed by atoms with E-state index in [4.69, 9.17) is 19.0 Å². The van der Waals surface area contributed by atoms with Crippen molar-refractivity contribution in [3.05, 3.63) is 68.0 Å². The van der Waals surface area contributed by atoms with Gasteiger partial charge in [0.1, 0.15) is 11.7 Å². The number of nitrogens with one attached hydrogen (secondary N) is 1. The van der Waals surface area contributed by atoms with Crippen LogP contribution in [0.25, 0.3) is 0 Å². The number of aromatic nitrogens is 2. The molecule has 1 aromatic heterocycles. The molecule has 2 aliphatic heterocycles. The molecular weight excluding hydrogens is 510 g/mol. The van der Waals surface area contributed by atoms with Crippen LogP contribution in [0.15, 0.2) is 40.1 Å². The molecule has 0 saturated carbocycles. The third-order valence-electron chi connectivity index (χ3n) is 6.91. The molecule has 1 unspecified atom stereocenters. The molecule has 4 atom stereocenters. The second-order valence-corrected chi connectivity index (χ2v) is 9.78. The minimum atomic E-state index is -1.50. The van der Waals surface area contributed by atoms with Crippen LogP contribution in [0.1, 0.15) is 72.0 Å². The Hall–Kier alpha value is -3.16. The zero-order valence-electron chi connectivity index (χ0n) is 22.4. The van der Waals surface area contributed by atoms with Gasteiger partial charge < -0.3 is 19.3 Å². The summed E-state index contributed by atoms with van der Waals surface area (Å²) in [5, 5.41) is 11.3. The Bertz CT molecular complexity index is 1270. The van der Waals surface area contributed by atoms with Gasteiger partial charge in [-0.2, -0.15) is 0 Å². The smallest absolute Gasteiger partial charge is 0.330 e. The Morgan fingerprint density at radius 3 is 2.28 bits per heavy atom.